The van der Waals surface area contributed by atoms with Crippen molar-refractivity contribution >= 4 is 38.1 Å². The van der Waals surface area contributed by atoms with Crippen LogP contribution in [0, 0.1) is 34.8 Å². The Balaban J connectivity index is 1.17. The zero-order valence-electron chi connectivity index (χ0n) is 32.4. The van der Waals surface area contributed by atoms with Gasteiger partial charge in [0.15, 0.2) is 21.3 Å². The van der Waals surface area contributed by atoms with Crippen molar-refractivity contribution in [1.29, 1.82) is 0 Å². The molecule has 0 bridgehead atoms. The molecule has 4 heterocycles. The number of carbonyl (C=O) groups excluding carboxylic acids is 1. The fourth-order valence-corrected chi connectivity index (χ4v) is 10.5. The van der Waals surface area contributed by atoms with Crippen LogP contribution in [-0.2, 0) is 57.2 Å². The van der Waals surface area contributed by atoms with Gasteiger partial charge in [-0.05, 0) is 73.4 Å². The van der Waals surface area contributed by atoms with E-state index in [1.165, 1.54) is 10.7 Å². The first-order chi connectivity index (χ1) is 28.5. The smallest absolute Gasteiger partial charge is 0.380 e. The molecule has 2 saturated carbocycles. The maximum atomic E-state index is 15.5. The molecule has 3 fully saturated rings. The third-order valence-corrected chi connectivity index (χ3v) is 13.1. The van der Waals surface area contributed by atoms with Gasteiger partial charge in [-0.15, -0.1) is 0 Å². The first-order valence-corrected chi connectivity index (χ1v) is 21.7. The van der Waals surface area contributed by atoms with E-state index in [0.29, 0.717) is 58.8 Å². The zero-order valence-corrected chi connectivity index (χ0v) is 34.0. The van der Waals surface area contributed by atoms with Crippen LogP contribution < -0.4 is 0 Å². The van der Waals surface area contributed by atoms with Gasteiger partial charge in [0.05, 0.1) is 40.9 Å². The molecule has 1 spiro atoms. The predicted octanol–water partition coefficient (Wildman–Crippen LogP) is 7.41. The number of sulfone groups is 1. The van der Waals surface area contributed by atoms with Crippen LogP contribution >= 0.6 is 11.6 Å². The highest BCUT2D eigenvalue weighted by Crippen LogP contribution is 2.68. The summed E-state index contributed by atoms with van der Waals surface area (Å²) in [6, 6.07) is 9.01. The minimum Gasteiger partial charge on any atom is -0.380 e. The number of halogens is 8. The number of ether oxygens (including phenoxy) is 1. The normalized spacial score (nSPS) is 21.0. The molecule has 3 aliphatic carbocycles. The quantitative estimate of drug-likeness (QED) is 0.113. The van der Waals surface area contributed by atoms with Gasteiger partial charge in [-0.1, -0.05) is 23.6 Å². The van der Waals surface area contributed by atoms with E-state index in [-0.39, 0.29) is 45.9 Å². The molecule has 320 valence electrons. The molecule has 5 aromatic rings. The van der Waals surface area contributed by atoms with E-state index in [1.54, 1.807) is 25.2 Å². The molecule has 19 heteroatoms. The number of alkyl halides is 5. The van der Waals surface area contributed by atoms with Crippen molar-refractivity contribution in [2.45, 2.75) is 73.9 Å². The van der Waals surface area contributed by atoms with E-state index in [1.807, 2.05) is 0 Å². The molecule has 3 aromatic heterocycles. The number of hydrogen-bond acceptors (Lipinski definition) is 8. The van der Waals surface area contributed by atoms with Gasteiger partial charge < -0.3 is 9.84 Å². The van der Waals surface area contributed by atoms with Crippen molar-refractivity contribution in [3.8, 4) is 23.0 Å². The summed E-state index contributed by atoms with van der Waals surface area (Å²) in [5.41, 5.74) is -3.02. The molecule has 0 unspecified atom stereocenters. The summed E-state index contributed by atoms with van der Waals surface area (Å²) in [6.07, 6.45) is -4.30. The molecule has 61 heavy (non-hydrogen) atoms. The van der Waals surface area contributed by atoms with Gasteiger partial charge in [-0.2, -0.15) is 32.1 Å². The van der Waals surface area contributed by atoms with Gasteiger partial charge in [0.25, 0.3) is 5.92 Å². The Bertz CT molecular complexity index is 2830. The third-order valence-electron chi connectivity index (χ3n) is 12.0. The Hall–Kier alpha value is -4.83. The summed E-state index contributed by atoms with van der Waals surface area (Å²) < 4.78 is 135. The molecule has 0 radical (unpaired) electrons. The van der Waals surface area contributed by atoms with Crippen LogP contribution in [0.2, 0.25) is 5.02 Å². The molecule has 2 aromatic carbocycles. The van der Waals surface area contributed by atoms with E-state index in [2.05, 4.69) is 22.0 Å². The standard InChI is InChI=1S/C42H35ClF7N5O5S/c1-54-36-28(5-6-31(43)34(36)32(52-54)16-61(2,58)59)27-4-3-25(7-8-40(57)17-39(18-40)19-60-20-39)51-35(27)22(9-21-10-23(44)13-24(45)11-21)12-26(56)15-55-38-33(37(53-55)42(48,49)50)29-14-30(29)41(38,46)47/h3-6,10-11,13,22,29-30,57H,9,12,14-20H2,1-2H3/t22-,29+,30-/m1/s1. The molecule has 4 aliphatic rings. The number of Topliss-reactive ketones (excluding diaryl/α,β-unsaturated/α-hetero) is 1. The first kappa shape index (κ1) is 41.5. The van der Waals surface area contributed by atoms with Crippen LogP contribution in [0.3, 0.4) is 0 Å². The second-order valence-corrected chi connectivity index (χ2v) is 19.5. The van der Waals surface area contributed by atoms with Crippen LogP contribution in [-0.4, -0.2) is 68.9 Å². The van der Waals surface area contributed by atoms with Crippen molar-refractivity contribution in [2.75, 3.05) is 19.5 Å². The Labute approximate surface area is 349 Å². The van der Waals surface area contributed by atoms with Crippen LogP contribution in [0.1, 0.15) is 77.1 Å². The first-order valence-electron chi connectivity index (χ1n) is 19.2. The van der Waals surface area contributed by atoms with Crippen LogP contribution in [0.15, 0.2) is 42.5 Å². The number of rotatable bonds is 10. The molecule has 1 saturated heterocycles. The largest absolute Gasteiger partial charge is 0.435 e. The third kappa shape index (κ3) is 7.50. The fourth-order valence-electron chi connectivity index (χ4n) is 9.54. The van der Waals surface area contributed by atoms with Gasteiger partial charge >= 0.3 is 6.18 Å². The van der Waals surface area contributed by atoms with Crippen molar-refractivity contribution in [1.82, 2.24) is 24.5 Å². The number of ketones is 1. The van der Waals surface area contributed by atoms with E-state index < -0.39 is 98.4 Å². The van der Waals surface area contributed by atoms with Gasteiger partial charge in [0.1, 0.15) is 35.2 Å². The SMILES string of the molecule is Cn1nc(CS(C)(=O)=O)c2c(Cl)ccc(-c3ccc(C#CC4(O)CC5(COC5)C4)nc3[C@@H](CC(=O)Cn3nc(C(F)(F)F)c4c3C(F)(F)[C@@H]3C[C@H]43)Cc3cc(F)cc(F)c3)c21. The van der Waals surface area contributed by atoms with E-state index in [4.69, 9.17) is 21.3 Å². The average Bonchev–Trinajstić information content (AvgIpc) is 3.66. The highest BCUT2D eigenvalue weighted by atomic mass is 35.5. The van der Waals surface area contributed by atoms with Crippen molar-refractivity contribution < 1.29 is 53.8 Å². The summed E-state index contributed by atoms with van der Waals surface area (Å²) >= 11 is 6.65. The van der Waals surface area contributed by atoms with E-state index in [0.717, 1.165) is 18.4 Å². The minimum atomic E-state index is -5.06. The Morgan fingerprint density at radius 3 is 2.39 bits per heavy atom. The predicted molar refractivity (Wildman–Crippen MR) is 206 cm³/mol. The number of aromatic nitrogens is 5. The lowest BCUT2D eigenvalue weighted by molar-refractivity contribution is -0.219. The zero-order chi connectivity index (χ0) is 43.6. The highest BCUT2D eigenvalue weighted by molar-refractivity contribution is 7.89. The number of aryl methyl sites for hydroxylation is 1. The summed E-state index contributed by atoms with van der Waals surface area (Å²) in [5.74, 6) is -4.55. The second-order valence-electron chi connectivity index (χ2n) is 17.0. The molecule has 10 nitrogen and oxygen atoms in total. The summed E-state index contributed by atoms with van der Waals surface area (Å²) in [4.78, 5) is 19.0. The second kappa shape index (κ2) is 14.1. The van der Waals surface area contributed by atoms with Crippen LogP contribution in [0.4, 0.5) is 30.7 Å². The van der Waals surface area contributed by atoms with Crippen molar-refractivity contribution in [2.24, 2.45) is 18.4 Å². The van der Waals surface area contributed by atoms with E-state index >= 15 is 8.78 Å². The Morgan fingerprint density at radius 2 is 1.75 bits per heavy atom. The monoisotopic (exact) mass is 889 g/mol. The van der Waals surface area contributed by atoms with Crippen LogP contribution in [0.25, 0.3) is 22.0 Å². The number of nitrogens with zero attached hydrogens (tertiary/aromatic N) is 5. The molecular weight excluding hydrogens is 855 g/mol. The molecule has 1 N–H and O–H groups in total. The Morgan fingerprint density at radius 1 is 1.07 bits per heavy atom. The van der Waals surface area contributed by atoms with Gasteiger partial charge in [0, 0.05) is 65.1 Å². The Kier molecular flexibility index (Phi) is 9.59. The molecular formula is C42H35ClF7N5O5S. The minimum absolute atomic E-state index is 0.0690. The summed E-state index contributed by atoms with van der Waals surface area (Å²) in [5, 5.41) is 19.6. The number of hydrogen-bond donors (Lipinski definition) is 1. The maximum Gasteiger partial charge on any atom is 0.435 e. The number of fused-ring (bicyclic) bond motifs is 4. The summed E-state index contributed by atoms with van der Waals surface area (Å²) in [6.45, 7) is 0.0196. The lowest BCUT2D eigenvalue weighted by Gasteiger charge is -2.55. The maximum absolute atomic E-state index is 15.5. The van der Waals surface area contributed by atoms with Crippen molar-refractivity contribution in [3.05, 3.63) is 98.7 Å². The average molecular weight is 890 g/mol. The summed E-state index contributed by atoms with van der Waals surface area (Å²) in [7, 11) is -2.04. The van der Waals surface area contributed by atoms with Crippen molar-refractivity contribution in [3.63, 3.8) is 0 Å². The van der Waals surface area contributed by atoms with Gasteiger partial charge in [-0.3, -0.25) is 14.2 Å². The number of carbonyl (C=O) groups is 1. The molecule has 9 rings (SSSR count). The topological polar surface area (TPSA) is 129 Å². The molecule has 1 aliphatic heterocycles. The number of pyridine rings is 1. The lowest BCUT2D eigenvalue weighted by Crippen LogP contribution is -2.60. The fraction of sp³-hybridized carbons (Fsp3) is 0.429. The lowest BCUT2D eigenvalue weighted by atomic mass is 9.58. The number of benzene rings is 2. The number of aliphatic hydroxyl groups is 1. The van der Waals surface area contributed by atoms with Gasteiger partial charge in [-0.25, -0.2) is 22.2 Å². The highest BCUT2D eigenvalue weighted by Gasteiger charge is 2.68. The van der Waals surface area contributed by atoms with Crippen LogP contribution in [0.5, 0.6) is 0 Å². The van der Waals surface area contributed by atoms with E-state index in [9.17, 15) is 40.3 Å². The molecule has 3 atom stereocenters. The van der Waals surface area contributed by atoms with Gasteiger partial charge in [0.2, 0.25) is 0 Å². The molecule has 0 amide bonds.